The lowest BCUT2D eigenvalue weighted by molar-refractivity contribution is 0.726. The molecule has 3 aliphatic carbocycles. The molecule has 2 N–H and O–H groups in total. The maximum atomic E-state index is 6.39. The quantitative estimate of drug-likeness (QED) is 0.170. The minimum absolute atomic E-state index is 0.378. The summed E-state index contributed by atoms with van der Waals surface area (Å²) in [4.78, 5) is 2.85. The molecule has 0 bridgehead atoms. The summed E-state index contributed by atoms with van der Waals surface area (Å²) >= 11 is 2.00. The van der Waals surface area contributed by atoms with Gasteiger partial charge in [0.15, 0.2) is 0 Å². The largest absolute Gasteiger partial charge is 0.405 e. The van der Waals surface area contributed by atoms with Gasteiger partial charge in [0.1, 0.15) is 0 Å². The molecular formula is C53H45NS. The molecule has 55 heavy (non-hydrogen) atoms. The second kappa shape index (κ2) is 14.0. The van der Waals surface area contributed by atoms with Crippen LogP contribution in [0.15, 0.2) is 176 Å². The van der Waals surface area contributed by atoms with Crippen molar-refractivity contribution in [3.05, 3.63) is 225 Å². The zero-order chi connectivity index (χ0) is 37.6. The number of thiophene rings is 1. The first-order chi connectivity index (χ1) is 27.1. The Kier molecular flexibility index (Phi) is 8.87. The fourth-order valence-corrected chi connectivity index (χ4v) is 11.0. The molecule has 10 rings (SSSR count). The average molecular weight is 728 g/mol. The first-order valence-corrected chi connectivity index (χ1v) is 20.4. The Morgan fingerprint density at radius 3 is 1.89 bits per heavy atom. The third-order valence-corrected chi connectivity index (χ3v) is 13.2. The molecule has 1 spiro atoms. The van der Waals surface area contributed by atoms with Crippen molar-refractivity contribution in [1.29, 1.82) is 0 Å². The van der Waals surface area contributed by atoms with Crippen molar-refractivity contribution in [2.45, 2.75) is 44.4 Å². The summed E-state index contributed by atoms with van der Waals surface area (Å²) in [7, 11) is 0. The summed E-state index contributed by atoms with van der Waals surface area (Å²) in [6.07, 6.45) is 13.1. The van der Waals surface area contributed by atoms with Crippen molar-refractivity contribution in [3.63, 3.8) is 0 Å². The van der Waals surface area contributed by atoms with Crippen LogP contribution in [0.25, 0.3) is 45.0 Å². The summed E-state index contributed by atoms with van der Waals surface area (Å²) in [5.74, 6) is 0. The molecule has 1 unspecified atom stereocenters. The van der Waals surface area contributed by atoms with E-state index in [-0.39, 0.29) is 5.41 Å². The zero-order valence-electron chi connectivity index (χ0n) is 31.7. The van der Waals surface area contributed by atoms with Gasteiger partial charge in [-0.25, -0.2) is 0 Å². The SMILES string of the molecule is CC.CC(/C=C(\C=C/N)c1cccc2c1-c1c(sc3c1CCC=C3)C21c2ccccc2-c2ccccc21)(c1ccccc1)c1ccc(-c2ccccc2)cc1. The number of nitrogens with two attached hydrogens (primary N) is 1. The monoisotopic (exact) mass is 727 g/mol. The number of hydrogen-bond acceptors (Lipinski definition) is 2. The van der Waals surface area contributed by atoms with Crippen LogP contribution in [-0.4, -0.2) is 0 Å². The molecule has 1 heterocycles. The van der Waals surface area contributed by atoms with Gasteiger partial charge in [-0.3, -0.25) is 0 Å². The van der Waals surface area contributed by atoms with Crippen LogP contribution in [0.3, 0.4) is 0 Å². The molecule has 1 atom stereocenters. The molecule has 1 aromatic heterocycles. The van der Waals surface area contributed by atoms with Gasteiger partial charge in [0.05, 0.1) is 5.41 Å². The van der Waals surface area contributed by atoms with Crippen LogP contribution < -0.4 is 5.73 Å². The van der Waals surface area contributed by atoms with Crippen LogP contribution in [0.5, 0.6) is 0 Å². The van der Waals surface area contributed by atoms with Crippen LogP contribution in [0.2, 0.25) is 0 Å². The zero-order valence-corrected chi connectivity index (χ0v) is 32.5. The molecule has 0 amide bonds. The third kappa shape index (κ3) is 5.27. The van der Waals surface area contributed by atoms with Gasteiger partial charge in [0.2, 0.25) is 0 Å². The van der Waals surface area contributed by atoms with E-state index in [1.165, 1.54) is 82.1 Å². The van der Waals surface area contributed by atoms with Gasteiger partial charge in [-0.05, 0) is 110 Å². The Morgan fingerprint density at radius 2 is 1.22 bits per heavy atom. The molecule has 0 saturated carbocycles. The Balaban J connectivity index is 0.00000195. The lowest BCUT2D eigenvalue weighted by Gasteiger charge is -2.31. The number of benzene rings is 6. The lowest BCUT2D eigenvalue weighted by Crippen LogP contribution is -2.25. The Morgan fingerprint density at radius 1 is 0.636 bits per heavy atom. The highest BCUT2D eigenvalue weighted by Crippen LogP contribution is 2.67. The summed E-state index contributed by atoms with van der Waals surface area (Å²) in [6.45, 7) is 6.35. The summed E-state index contributed by atoms with van der Waals surface area (Å²) < 4.78 is 0. The normalized spacial score (nSPS) is 15.4. The molecule has 268 valence electrons. The fourth-order valence-electron chi connectivity index (χ4n) is 9.47. The predicted octanol–water partition coefficient (Wildman–Crippen LogP) is 13.6. The van der Waals surface area contributed by atoms with Gasteiger partial charge in [0.25, 0.3) is 0 Å². The second-order valence-corrected chi connectivity index (χ2v) is 15.7. The molecule has 0 aliphatic heterocycles. The first-order valence-electron chi connectivity index (χ1n) is 19.6. The lowest BCUT2D eigenvalue weighted by atomic mass is 9.72. The van der Waals surface area contributed by atoms with Crippen LogP contribution in [-0.2, 0) is 17.3 Å². The van der Waals surface area contributed by atoms with E-state index in [4.69, 9.17) is 5.73 Å². The van der Waals surface area contributed by atoms with E-state index in [1.807, 2.05) is 25.2 Å². The highest BCUT2D eigenvalue weighted by molar-refractivity contribution is 7.14. The van der Waals surface area contributed by atoms with Gasteiger partial charge in [0, 0.05) is 20.7 Å². The molecule has 1 nitrogen and oxygen atoms in total. The minimum atomic E-state index is -0.448. The predicted molar refractivity (Wildman–Crippen MR) is 235 cm³/mol. The minimum Gasteiger partial charge on any atom is -0.405 e. The van der Waals surface area contributed by atoms with Crippen molar-refractivity contribution >= 4 is 23.0 Å². The third-order valence-electron chi connectivity index (χ3n) is 11.9. The van der Waals surface area contributed by atoms with Crippen LogP contribution in [0.1, 0.15) is 75.9 Å². The van der Waals surface area contributed by atoms with Crippen molar-refractivity contribution in [3.8, 4) is 33.4 Å². The van der Waals surface area contributed by atoms with Crippen LogP contribution in [0.4, 0.5) is 0 Å². The number of rotatable bonds is 6. The second-order valence-electron chi connectivity index (χ2n) is 14.6. The molecule has 0 radical (unpaired) electrons. The van der Waals surface area contributed by atoms with E-state index in [1.54, 1.807) is 6.20 Å². The molecule has 0 fully saturated rings. The topological polar surface area (TPSA) is 26.0 Å². The van der Waals surface area contributed by atoms with E-state index in [0.29, 0.717) is 0 Å². The average Bonchev–Trinajstić information content (AvgIpc) is 3.89. The standard InChI is InChI=1S/C51H39NS.C2H6/c1-50(37-17-6-3-7-18-37,38-29-27-35(28-30-38)34-15-4-2-5-16-34)33-36(31-32-52)39-22-14-25-45-47(39)48-42-21-10-13-26-46(42)53-49(48)51(45)43-23-11-8-19-40(43)41-20-9-12-24-44(41)51;1-2/h2-9,11-20,22-33H,10,21,52H2,1H3;1-2H3/b32-31-,36-33+;. The van der Waals surface area contributed by atoms with Gasteiger partial charge < -0.3 is 5.73 Å². The maximum absolute atomic E-state index is 6.39. The van der Waals surface area contributed by atoms with E-state index >= 15 is 0 Å². The van der Waals surface area contributed by atoms with E-state index in [0.717, 1.165) is 18.4 Å². The highest BCUT2D eigenvalue weighted by Gasteiger charge is 2.54. The van der Waals surface area contributed by atoms with Gasteiger partial charge in [-0.15, -0.1) is 11.3 Å². The molecule has 2 heteroatoms. The van der Waals surface area contributed by atoms with Gasteiger partial charge in [-0.1, -0.05) is 178 Å². The smallest absolute Gasteiger partial charge is 0.0819 e. The maximum Gasteiger partial charge on any atom is 0.0819 e. The fraction of sp³-hybridized carbons (Fsp3) is 0.132. The molecule has 3 aliphatic rings. The van der Waals surface area contributed by atoms with E-state index in [9.17, 15) is 0 Å². The Bertz CT molecular complexity index is 2570. The van der Waals surface area contributed by atoms with Crippen molar-refractivity contribution in [1.82, 2.24) is 0 Å². The first kappa shape index (κ1) is 34.8. The van der Waals surface area contributed by atoms with Gasteiger partial charge >= 0.3 is 0 Å². The molecule has 6 aromatic carbocycles. The van der Waals surface area contributed by atoms with Gasteiger partial charge in [-0.2, -0.15) is 0 Å². The van der Waals surface area contributed by atoms with Crippen molar-refractivity contribution < 1.29 is 0 Å². The van der Waals surface area contributed by atoms with Crippen molar-refractivity contribution in [2.24, 2.45) is 5.73 Å². The molecular weight excluding hydrogens is 683 g/mol. The number of fused-ring (bicyclic) bond motifs is 12. The Hall–Kier alpha value is -5.96. The van der Waals surface area contributed by atoms with Crippen LogP contribution in [0, 0.1) is 0 Å². The number of allylic oxidation sites excluding steroid dienone is 4. The van der Waals surface area contributed by atoms with E-state index < -0.39 is 5.41 Å². The molecule has 7 aromatic rings. The molecule has 0 saturated heterocycles. The highest BCUT2D eigenvalue weighted by atomic mass is 32.1. The van der Waals surface area contributed by atoms with E-state index in [2.05, 4.69) is 183 Å². The van der Waals surface area contributed by atoms with Crippen molar-refractivity contribution in [2.75, 3.05) is 0 Å². The summed E-state index contributed by atoms with van der Waals surface area (Å²) in [5, 5.41) is 0. The Labute approximate surface area is 329 Å². The number of hydrogen-bond donors (Lipinski definition) is 1. The summed E-state index contributed by atoms with van der Waals surface area (Å²) in [5.41, 5.74) is 23.9. The summed E-state index contributed by atoms with van der Waals surface area (Å²) in [6, 6.07) is 55.8. The van der Waals surface area contributed by atoms with Crippen LogP contribution >= 0.6 is 11.3 Å².